The first-order valence-corrected chi connectivity index (χ1v) is 7.33. The predicted octanol–water partition coefficient (Wildman–Crippen LogP) is 2.00. The fourth-order valence-corrected chi connectivity index (χ4v) is 2.25. The van der Waals surface area contributed by atoms with Crippen LogP contribution >= 0.6 is 28.1 Å². The molecule has 116 valence electrons. The molecule has 0 unspecified atom stereocenters. The molecule has 0 spiro atoms. The van der Waals surface area contributed by atoms with E-state index in [0.29, 0.717) is 21.9 Å². The highest BCUT2D eigenvalue weighted by molar-refractivity contribution is 9.10. The van der Waals surface area contributed by atoms with Crippen LogP contribution in [0.5, 0.6) is 11.5 Å². The quantitative estimate of drug-likeness (QED) is 0.401. The minimum absolute atomic E-state index is 0.0492. The van der Waals surface area contributed by atoms with Crippen molar-refractivity contribution in [2.75, 3.05) is 20.8 Å². The standard InChI is InChI=1S/C13H18BrN3O3S/c1-8(7-19-2)16-13(21)17-15-6-9-4-10(14)12(18)11(5-9)20-3/h4-6,8,18H,7H2,1-3H3,(H2,16,17,21)/b15-6+/t8-/m1/s1. The SMILES string of the molecule is COC[C@@H](C)NC(=S)N/N=C/c1cc(Br)c(O)c(OC)c1. The highest BCUT2D eigenvalue weighted by Crippen LogP contribution is 2.34. The second-order valence-corrected chi connectivity index (χ2v) is 5.52. The van der Waals surface area contributed by atoms with Crippen LogP contribution in [0.2, 0.25) is 0 Å². The van der Waals surface area contributed by atoms with Crippen LogP contribution < -0.4 is 15.5 Å². The molecule has 8 heteroatoms. The minimum atomic E-state index is 0.0492. The summed E-state index contributed by atoms with van der Waals surface area (Å²) in [5, 5.41) is 17.2. The van der Waals surface area contributed by atoms with Crippen molar-refractivity contribution in [2.24, 2.45) is 5.10 Å². The summed E-state index contributed by atoms with van der Waals surface area (Å²) in [5.41, 5.74) is 3.45. The van der Waals surface area contributed by atoms with Crippen molar-refractivity contribution in [1.29, 1.82) is 0 Å². The van der Waals surface area contributed by atoms with E-state index in [1.807, 2.05) is 6.92 Å². The van der Waals surface area contributed by atoms with E-state index in [0.717, 1.165) is 5.56 Å². The maximum atomic E-state index is 9.71. The van der Waals surface area contributed by atoms with Gasteiger partial charge in [-0.2, -0.15) is 5.10 Å². The van der Waals surface area contributed by atoms with Crippen LogP contribution in [0.4, 0.5) is 0 Å². The number of ether oxygens (including phenoxy) is 2. The lowest BCUT2D eigenvalue weighted by Crippen LogP contribution is -2.40. The summed E-state index contributed by atoms with van der Waals surface area (Å²) in [7, 11) is 3.11. The van der Waals surface area contributed by atoms with E-state index in [1.165, 1.54) is 7.11 Å². The van der Waals surface area contributed by atoms with Gasteiger partial charge in [-0.15, -0.1) is 0 Å². The Balaban J connectivity index is 2.61. The second kappa shape index (κ2) is 8.81. The van der Waals surface area contributed by atoms with Gasteiger partial charge in [-0.1, -0.05) is 0 Å². The summed E-state index contributed by atoms with van der Waals surface area (Å²) < 4.78 is 10.6. The van der Waals surface area contributed by atoms with Gasteiger partial charge in [0.1, 0.15) is 0 Å². The Morgan fingerprint density at radius 3 is 2.86 bits per heavy atom. The average molecular weight is 376 g/mol. The zero-order chi connectivity index (χ0) is 15.8. The van der Waals surface area contributed by atoms with Gasteiger partial charge in [0.15, 0.2) is 16.6 Å². The topological polar surface area (TPSA) is 75.1 Å². The molecule has 0 aliphatic rings. The molecule has 0 bridgehead atoms. The third-order valence-electron chi connectivity index (χ3n) is 2.44. The van der Waals surface area contributed by atoms with E-state index in [2.05, 4.69) is 31.8 Å². The van der Waals surface area contributed by atoms with Crippen LogP contribution in [0.1, 0.15) is 12.5 Å². The van der Waals surface area contributed by atoms with Gasteiger partial charge >= 0.3 is 0 Å². The lowest BCUT2D eigenvalue weighted by Gasteiger charge is -2.13. The third-order valence-corrected chi connectivity index (χ3v) is 3.26. The Bertz CT molecular complexity index is 526. The molecule has 0 amide bonds. The molecule has 0 aromatic heterocycles. The number of hydrogen-bond donors (Lipinski definition) is 3. The molecule has 0 aliphatic heterocycles. The lowest BCUT2D eigenvalue weighted by molar-refractivity contribution is 0.179. The Hall–Kier alpha value is -1.38. The van der Waals surface area contributed by atoms with Gasteiger partial charge < -0.3 is 19.9 Å². The fraction of sp³-hybridized carbons (Fsp3) is 0.385. The zero-order valence-electron chi connectivity index (χ0n) is 12.0. The van der Waals surface area contributed by atoms with E-state index < -0.39 is 0 Å². The molecule has 0 saturated carbocycles. The van der Waals surface area contributed by atoms with E-state index in [-0.39, 0.29) is 11.8 Å². The summed E-state index contributed by atoms with van der Waals surface area (Å²) in [6.45, 7) is 2.50. The number of nitrogens with one attached hydrogen (secondary N) is 2. The summed E-state index contributed by atoms with van der Waals surface area (Å²) in [4.78, 5) is 0. The molecule has 0 aliphatic carbocycles. The molecule has 1 aromatic carbocycles. The highest BCUT2D eigenvalue weighted by Gasteiger charge is 2.07. The maximum absolute atomic E-state index is 9.71. The largest absolute Gasteiger partial charge is 0.503 e. The van der Waals surface area contributed by atoms with Crippen molar-refractivity contribution in [1.82, 2.24) is 10.7 Å². The Morgan fingerprint density at radius 2 is 2.24 bits per heavy atom. The number of nitrogens with zero attached hydrogens (tertiary/aromatic N) is 1. The van der Waals surface area contributed by atoms with Gasteiger partial charge in [-0.3, -0.25) is 5.43 Å². The second-order valence-electron chi connectivity index (χ2n) is 4.25. The first-order valence-electron chi connectivity index (χ1n) is 6.13. The van der Waals surface area contributed by atoms with Crippen LogP contribution in [0.15, 0.2) is 21.7 Å². The number of halogens is 1. The van der Waals surface area contributed by atoms with Gasteiger partial charge in [0.25, 0.3) is 0 Å². The van der Waals surface area contributed by atoms with Crippen LogP contribution in [-0.2, 0) is 4.74 Å². The number of rotatable bonds is 6. The smallest absolute Gasteiger partial charge is 0.187 e. The molecule has 6 nitrogen and oxygen atoms in total. The number of hydrogen-bond acceptors (Lipinski definition) is 5. The molecular weight excluding hydrogens is 358 g/mol. The highest BCUT2D eigenvalue weighted by atomic mass is 79.9. The van der Waals surface area contributed by atoms with Gasteiger partial charge in [-0.25, -0.2) is 0 Å². The molecule has 1 atom stereocenters. The van der Waals surface area contributed by atoms with Gasteiger partial charge in [0.2, 0.25) is 0 Å². The number of benzene rings is 1. The summed E-state index contributed by atoms with van der Waals surface area (Å²) in [6.07, 6.45) is 1.57. The van der Waals surface area contributed by atoms with Crippen molar-refractivity contribution >= 4 is 39.5 Å². The molecule has 1 rings (SSSR count). The van der Waals surface area contributed by atoms with Crippen molar-refractivity contribution in [3.63, 3.8) is 0 Å². The van der Waals surface area contributed by atoms with E-state index in [9.17, 15) is 5.11 Å². The normalized spacial score (nSPS) is 12.2. The van der Waals surface area contributed by atoms with Crippen LogP contribution in [0, 0.1) is 0 Å². The number of aromatic hydroxyl groups is 1. The Morgan fingerprint density at radius 1 is 1.52 bits per heavy atom. The Labute approximate surface area is 137 Å². The molecule has 0 radical (unpaired) electrons. The number of thiocarbonyl (C=S) groups is 1. The zero-order valence-corrected chi connectivity index (χ0v) is 14.4. The molecule has 21 heavy (non-hydrogen) atoms. The molecular formula is C13H18BrN3O3S. The van der Waals surface area contributed by atoms with Gasteiger partial charge in [-0.05, 0) is 52.8 Å². The lowest BCUT2D eigenvalue weighted by atomic mass is 10.2. The van der Waals surface area contributed by atoms with Crippen LogP contribution in [0.3, 0.4) is 0 Å². The molecule has 0 saturated heterocycles. The van der Waals surface area contributed by atoms with E-state index in [4.69, 9.17) is 21.7 Å². The first kappa shape index (κ1) is 17.7. The predicted molar refractivity (Wildman–Crippen MR) is 90.2 cm³/mol. The van der Waals surface area contributed by atoms with E-state index >= 15 is 0 Å². The third kappa shape index (κ3) is 5.86. The van der Waals surface area contributed by atoms with Gasteiger partial charge in [0.05, 0.1) is 24.4 Å². The number of phenols is 1. The molecule has 3 N–H and O–H groups in total. The summed E-state index contributed by atoms with van der Waals surface area (Å²) >= 11 is 8.33. The summed E-state index contributed by atoms with van der Waals surface area (Å²) in [5.74, 6) is 0.411. The minimum Gasteiger partial charge on any atom is -0.503 e. The van der Waals surface area contributed by atoms with Crippen LogP contribution in [0.25, 0.3) is 0 Å². The van der Waals surface area contributed by atoms with Crippen molar-refractivity contribution in [3.8, 4) is 11.5 Å². The average Bonchev–Trinajstić information content (AvgIpc) is 2.42. The van der Waals surface area contributed by atoms with Gasteiger partial charge in [0, 0.05) is 13.2 Å². The van der Waals surface area contributed by atoms with Crippen LogP contribution in [-0.4, -0.2) is 43.3 Å². The van der Waals surface area contributed by atoms with Crippen molar-refractivity contribution < 1.29 is 14.6 Å². The number of phenolic OH excluding ortho intramolecular Hbond substituents is 1. The molecule has 1 aromatic rings. The van der Waals surface area contributed by atoms with Crippen molar-refractivity contribution in [2.45, 2.75) is 13.0 Å². The fourth-order valence-electron chi connectivity index (χ4n) is 1.54. The number of methoxy groups -OCH3 is 2. The Kier molecular flexibility index (Phi) is 7.41. The summed E-state index contributed by atoms with van der Waals surface area (Å²) in [6, 6.07) is 3.47. The maximum Gasteiger partial charge on any atom is 0.187 e. The molecule has 0 fully saturated rings. The monoisotopic (exact) mass is 375 g/mol. The first-order chi connectivity index (χ1) is 9.97. The van der Waals surface area contributed by atoms with Crippen molar-refractivity contribution in [3.05, 3.63) is 22.2 Å². The molecule has 0 heterocycles. The number of hydrazone groups is 1. The van der Waals surface area contributed by atoms with E-state index in [1.54, 1.807) is 25.5 Å².